The molecule has 0 bridgehead atoms. The molecule has 1 fully saturated rings. The maximum absolute atomic E-state index is 13.2. The predicted molar refractivity (Wildman–Crippen MR) is 135 cm³/mol. The molecule has 0 aromatic heterocycles. The molecule has 1 atom stereocenters. The van der Waals surface area contributed by atoms with Crippen molar-refractivity contribution in [1.82, 2.24) is 10.2 Å². The number of aryl methyl sites for hydroxylation is 2. The number of amides is 1. The van der Waals surface area contributed by atoms with Gasteiger partial charge < -0.3 is 5.32 Å². The summed E-state index contributed by atoms with van der Waals surface area (Å²) < 4.78 is 26.8. The standard InChI is InChI=1S/C26H37N3O3S/c1-5-24(29(33(4,31)32)25-16-20(2)12-13-21(25)3)26(30)27-18-22-10-9-11-23(17-22)19-28-14-7-6-8-15-28/h9-13,16-17,24H,5-8,14-15,18-19H2,1-4H3,(H,27,30)/t24-/m1/s1. The minimum Gasteiger partial charge on any atom is -0.350 e. The molecule has 1 aliphatic rings. The molecule has 1 heterocycles. The third-order valence-electron chi connectivity index (χ3n) is 6.24. The number of benzene rings is 2. The lowest BCUT2D eigenvalue weighted by molar-refractivity contribution is -0.122. The van der Waals surface area contributed by atoms with Crippen molar-refractivity contribution >= 4 is 21.6 Å². The molecular weight excluding hydrogens is 434 g/mol. The van der Waals surface area contributed by atoms with E-state index in [0.717, 1.165) is 42.6 Å². The van der Waals surface area contributed by atoms with Gasteiger partial charge >= 0.3 is 0 Å². The maximum Gasteiger partial charge on any atom is 0.244 e. The zero-order valence-electron chi connectivity index (χ0n) is 20.3. The highest BCUT2D eigenvalue weighted by Gasteiger charge is 2.32. The molecule has 0 saturated carbocycles. The summed E-state index contributed by atoms with van der Waals surface area (Å²) in [5.41, 5.74) is 4.59. The second-order valence-electron chi connectivity index (χ2n) is 9.15. The molecule has 3 rings (SSSR count). The largest absolute Gasteiger partial charge is 0.350 e. The highest BCUT2D eigenvalue weighted by atomic mass is 32.2. The van der Waals surface area contributed by atoms with E-state index in [0.29, 0.717) is 18.7 Å². The van der Waals surface area contributed by atoms with Crippen molar-refractivity contribution in [2.24, 2.45) is 0 Å². The Kier molecular flexibility index (Phi) is 8.54. The van der Waals surface area contributed by atoms with Crippen LogP contribution in [-0.2, 0) is 27.9 Å². The smallest absolute Gasteiger partial charge is 0.244 e. The van der Waals surface area contributed by atoms with E-state index in [9.17, 15) is 13.2 Å². The Bertz CT molecular complexity index is 1060. The average molecular weight is 472 g/mol. The SMILES string of the molecule is CC[C@H](C(=O)NCc1cccc(CN2CCCCC2)c1)N(c1cc(C)ccc1C)S(C)(=O)=O. The molecule has 7 heteroatoms. The molecule has 0 radical (unpaired) electrons. The first kappa shape index (κ1) is 25.2. The Morgan fingerprint density at radius 2 is 1.76 bits per heavy atom. The van der Waals surface area contributed by atoms with E-state index in [1.807, 2.05) is 51.1 Å². The monoisotopic (exact) mass is 471 g/mol. The Balaban J connectivity index is 1.73. The molecule has 2 aromatic rings. The number of rotatable bonds is 9. The van der Waals surface area contributed by atoms with E-state index < -0.39 is 16.1 Å². The predicted octanol–water partition coefficient (Wildman–Crippen LogP) is 4.15. The zero-order chi connectivity index (χ0) is 24.0. The van der Waals surface area contributed by atoms with E-state index in [4.69, 9.17) is 0 Å². The summed E-state index contributed by atoms with van der Waals surface area (Å²) >= 11 is 0. The van der Waals surface area contributed by atoms with Crippen LogP contribution in [-0.4, -0.2) is 44.6 Å². The lowest BCUT2D eigenvalue weighted by atomic mass is 10.1. The summed E-state index contributed by atoms with van der Waals surface area (Å²) in [4.78, 5) is 15.7. The van der Waals surface area contributed by atoms with Gasteiger partial charge in [-0.2, -0.15) is 0 Å². The van der Waals surface area contributed by atoms with Gasteiger partial charge in [-0.05, 0) is 74.5 Å². The number of hydrogen-bond acceptors (Lipinski definition) is 4. The van der Waals surface area contributed by atoms with E-state index in [2.05, 4.69) is 22.3 Å². The second-order valence-corrected chi connectivity index (χ2v) is 11.0. The first-order valence-corrected chi connectivity index (χ1v) is 13.7. The number of sulfonamides is 1. The fourth-order valence-electron chi connectivity index (χ4n) is 4.51. The van der Waals surface area contributed by atoms with Crippen LogP contribution < -0.4 is 9.62 Å². The number of hydrogen-bond donors (Lipinski definition) is 1. The molecule has 2 aromatic carbocycles. The van der Waals surface area contributed by atoms with E-state index >= 15 is 0 Å². The van der Waals surface area contributed by atoms with Crippen molar-refractivity contribution < 1.29 is 13.2 Å². The lowest BCUT2D eigenvalue weighted by Gasteiger charge is -2.31. The van der Waals surface area contributed by atoms with Gasteiger partial charge in [-0.15, -0.1) is 0 Å². The Morgan fingerprint density at radius 3 is 2.42 bits per heavy atom. The van der Waals surface area contributed by atoms with E-state index in [1.54, 1.807) is 0 Å². The van der Waals surface area contributed by atoms with Crippen molar-refractivity contribution in [1.29, 1.82) is 0 Å². The van der Waals surface area contributed by atoms with Crippen molar-refractivity contribution in [3.8, 4) is 0 Å². The molecule has 0 spiro atoms. The molecule has 1 amide bonds. The molecule has 1 N–H and O–H groups in total. The summed E-state index contributed by atoms with van der Waals surface area (Å²) in [6.07, 6.45) is 5.36. The highest BCUT2D eigenvalue weighted by Crippen LogP contribution is 2.27. The fraction of sp³-hybridized carbons (Fsp3) is 0.500. The fourth-order valence-corrected chi connectivity index (χ4v) is 5.77. The van der Waals surface area contributed by atoms with Crippen LogP contribution in [0, 0.1) is 13.8 Å². The number of nitrogens with one attached hydrogen (secondary N) is 1. The van der Waals surface area contributed by atoms with Gasteiger partial charge in [-0.1, -0.05) is 49.7 Å². The quantitative estimate of drug-likeness (QED) is 0.597. The first-order valence-electron chi connectivity index (χ1n) is 11.8. The summed E-state index contributed by atoms with van der Waals surface area (Å²) in [7, 11) is -3.65. The molecule has 0 unspecified atom stereocenters. The summed E-state index contributed by atoms with van der Waals surface area (Å²) in [6, 6.07) is 13.1. The molecule has 1 saturated heterocycles. The van der Waals surface area contributed by atoms with Gasteiger partial charge in [0.05, 0.1) is 11.9 Å². The summed E-state index contributed by atoms with van der Waals surface area (Å²) in [5, 5.41) is 2.98. The molecular formula is C26H37N3O3S. The van der Waals surface area contributed by atoms with Crippen LogP contribution in [0.2, 0.25) is 0 Å². The van der Waals surface area contributed by atoms with Gasteiger partial charge in [0.1, 0.15) is 6.04 Å². The molecule has 6 nitrogen and oxygen atoms in total. The van der Waals surface area contributed by atoms with Crippen LogP contribution in [0.5, 0.6) is 0 Å². The summed E-state index contributed by atoms with van der Waals surface area (Å²) in [5.74, 6) is -0.287. The Morgan fingerprint density at radius 1 is 1.06 bits per heavy atom. The van der Waals surface area contributed by atoms with Gasteiger partial charge in [0.25, 0.3) is 0 Å². The van der Waals surface area contributed by atoms with Crippen LogP contribution >= 0.6 is 0 Å². The average Bonchev–Trinajstić information content (AvgIpc) is 2.78. The third kappa shape index (κ3) is 6.81. The summed E-state index contributed by atoms with van der Waals surface area (Å²) in [6.45, 7) is 9.19. The Hall–Kier alpha value is -2.38. The number of likely N-dealkylation sites (tertiary alicyclic amines) is 1. The van der Waals surface area contributed by atoms with Crippen molar-refractivity contribution in [3.05, 3.63) is 64.7 Å². The maximum atomic E-state index is 13.2. The number of carbonyl (C=O) groups is 1. The number of carbonyl (C=O) groups excluding carboxylic acids is 1. The van der Waals surface area contributed by atoms with E-state index in [-0.39, 0.29) is 5.91 Å². The second kappa shape index (κ2) is 11.2. The topological polar surface area (TPSA) is 69.7 Å². The van der Waals surface area contributed by atoms with Crippen LogP contribution in [0.25, 0.3) is 0 Å². The number of nitrogens with zero attached hydrogens (tertiary/aromatic N) is 2. The normalized spacial score (nSPS) is 15.8. The number of piperidine rings is 1. The highest BCUT2D eigenvalue weighted by molar-refractivity contribution is 7.92. The van der Waals surface area contributed by atoms with Crippen LogP contribution in [0.3, 0.4) is 0 Å². The van der Waals surface area contributed by atoms with Gasteiger partial charge in [0.15, 0.2) is 0 Å². The van der Waals surface area contributed by atoms with Crippen molar-refractivity contribution in [2.45, 2.75) is 65.6 Å². The molecule has 180 valence electrons. The first-order chi connectivity index (χ1) is 15.7. The van der Waals surface area contributed by atoms with Crippen molar-refractivity contribution in [3.63, 3.8) is 0 Å². The Labute approximate surface area is 199 Å². The number of anilines is 1. The van der Waals surface area contributed by atoms with Crippen LogP contribution in [0.1, 0.15) is 54.9 Å². The molecule has 0 aliphatic carbocycles. The van der Waals surface area contributed by atoms with Gasteiger partial charge in [-0.3, -0.25) is 14.0 Å². The lowest BCUT2D eigenvalue weighted by Crippen LogP contribution is -2.49. The van der Waals surface area contributed by atoms with Gasteiger partial charge in [0, 0.05) is 13.1 Å². The van der Waals surface area contributed by atoms with Crippen LogP contribution in [0.15, 0.2) is 42.5 Å². The van der Waals surface area contributed by atoms with E-state index in [1.165, 1.54) is 29.1 Å². The van der Waals surface area contributed by atoms with Gasteiger partial charge in [0.2, 0.25) is 15.9 Å². The van der Waals surface area contributed by atoms with Crippen molar-refractivity contribution in [2.75, 3.05) is 23.7 Å². The minimum atomic E-state index is -3.65. The molecule has 1 aliphatic heterocycles. The minimum absolute atomic E-state index is 0.287. The molecule has 33 heavy (non-hydrogen) atoms. The third-order valence-corrected chi connectivity index (χ3v) is 7.41. The van der Waals surface area contributed by atoms with Gasteiger partial charge in [-0.25, -0.2) is 8.42 Å². The zero-order valence-corrected chi connectivity index (χ0v) is 21.1. The van der Waals surface area contributed by atoms with Crippen LogP contribution in [0.4, 0.5) is 5.69 Å².